The summed E-state index contributed by atoms with van der Waals surface area (Å²) in [5.41, 5.74) is 2.49. The number of anilines is 1. The molecule has 0 saturated heterocycles. The highest BCUT2D eigenvalue weighted by molar-refractivity contribution is 9.10. The Morgan fingerprint density at radius 3 is 2.43 bits per heavy atom. The first-order chi connectivity index (χ1) is 13.6. The van der Waals surface area contributed by atoms with Gasteiger partial charge in [-0.2, -0.15) is 0 Å². The van der Waals surface area contributed by atoms with Crippen LogP contribution >= 0.6 is 27.7 Å². The summed E-state index contributed by atoms with van der Waals surface area (Å²) in [5, 5.41) is 3.83. The second-order valence-corrected chi connectivity index (χ2v) is 9.01. The van der Waals surface area contributed by atoms with Gasteiger partial charge in [0.05, 0.1) is 11.5 Å². The van der Waals surface area contributed by atoms with E-state index in [4.69, 9.17) is 9.98 Å². The molecule has 2 aromatic rings. The van der Waals surface area contributed by atoms with E-state index in [-0.39, 0.29) is 11.6 Å². The number of nitrogens with one attached hydrogen (secondary N) is 1. The van der Waals surface area contributed by atoms with Gasteiger partial charge in [0.2, 0.25) is 5.91 Å². The van der Waals surface area contributed by atoms with Crippen LogP contribution in [0.1, 0.15) is 37.7 Å². The van der Waals surface area contributed by atoms with Crippen molar-refractivity contribution in [2.45, 2.75) is 37.8 Å². The Bertz CT molecular complexity index is 903. The molecule has 2 aliphatic rings. The van der Waals surface area contributed by atoms with Crippen molar-refractivity contribution in [3.05, 3.63) is 64.6 Å². The van der Waals surface area contributed by atoms with Crippen LogP contribution in [0, 0.1) is 0 Å². The van der Waals surface area contributed by atoms with E-state index < -0.39 is 0 Å². The van der Waals surface area contributed by atoms with Crippen LogP contribution in [0.15, 0.2) is 69.1 Å². The van der Waals surface area contributed by atoms with Gasteiger partial charge in [0.15, 0.2) is 5.66 Å². The van der Waals surface area contributed by atoms with Crippen molar-refractivity contribution in [3.8, 4) is 0 Å². The van der Waals surface area contributed by atoms with Gasteiger partial charge in [-0.15, -0.1) is 0 Å². The van der Waals surface area contributed by atoms with Crippen molar-refractivity contribution in [1.82, 2.24) is 0 Å². The SMILES string of the molecule is O=C(CSC1=NC2(CCCCC2)N=C1c1ccccc1)Nc1ccc(Br)cc1. The molecular formula is C22H22BrN3OS. The molecule has 0 bridgehead atoms. The van der Waals surface area contributed by atoms with Crippen LogP contribution in [0.3, 0.4) is 0 Å². The van der Waals surface area contributed by atoms with Crippen molar-refractivity contribution >= 4 is 50.0 Å². The third-order valence-corrected chi connectivity index (χ3v) is 6.49. The summed E-state index contributed by atoms with van der Waals surface area (Å²) in [4.78, 5) is 22.5. The Kier molecular flexibility index (Phi) is 5.97. The lowest BCUT2D eigenvalue weighted by molar-refractivity contribution is -0.113. The van der Waals surface area contributed by atoms with Gasteiger partial charge in [-0.3, -0.25) is 9.79 Å². The zero-order chi connectivity index (χ0) is 19.4. The van der Waals surface area contributed by atoms with Crippen LogP contribution in [-0.4, -0.2) is 28.1 Å². The topological polar surface area (TPSA) is 53.8 Å². The number of carbonyl (C=O) groups excluding carboxylic acids is 1. The van der Waals surface area contributed by atoms with Gasteiger partial charge in [-0.25, -0.2) is 4.99 Å². The maximum atomic E-state index is 12.4. The summed E-state index contributed by atoms with van der Waals surface area (Å²) in [5.74, 6) is 0.281. The molecule has 1 aliphatic carbocycles. The van der Waals surface area contributed by atoms with Crippen molar-refractivity contribution < 1.29 is 4.79 Å². The van der Waals surface area contributed by atoms with Gasteiger partial charge in [-0.1, -0.05) is 64.4 Å². The number of carbonyl (C=O) groups is 1. The highest BCUT2D eigenvalue weighted by atomic mass is 79.9. The minimum Gasteiger partial charge on any atom is -0.325 e. The Hall–Kier alpha value is -1.92. The lowest BCUT2D eigenvalue weighted by Gasteiger charge is -2.27. The number of hydrogen-bond donors (Lipinski definition) is 1. The lowest BCUT2D eigenvalue weighted by atomic mass is 9.90. The van der Waals surface area contributed by atoms with Crippen LogP contribution in [0.2, 0.25) is 0 Å². The van der Waals surface area contributed by atoms with E-state index in [1.807, 2.05) is 42.5 Å². The third kappa shape index (κ3) is 4.55. The van der Waals surface area contributed by atoms with Gasteiger partial charge in [0, 0.05) is 15.7 Å². The molecule has 4 nitrogen and oxygen atoms in total. The summed E-state index contributed by atoms with van der Waals surface area (Å²) < 4.78 is 0.988. The molecular weight excluding hydrogens is 434 g/mol. The van der Waals surface area contributed by atoms with E-state index in [0.717, 1.165) is 52.2 Å². The molecule has 0 aromatic heterocycles. The zero-order valence-corrected chi connectivity index (χ0v) is 17.9. The van der Waals surface area contributed by atoms with Crippen LogP contribution in [0.25, 0.3) is 0 Å². The molecule has 0 unspecified atom stereocenters. The van der Waals surface area contributed by atoms with Gasteiger partial charge in [0.1, 0.15) is 5.04 Å². The van der Waals surface area contributed by atoms with Crippen molar-refractivity contribution in [2.75, 3.05) is 11.1 Å². The number of nitrogens with zero attached hydrogens (tertiary/aromatic N) is 2. The maximum absolute atomic E-state index is 12.4. The second kappa shape index (κ2) is 8.62. The molecule has 6 heteroatoms. The van der Waals surface area contributed by atoms with E-state index in [2.05, 4.69) is 33.4 Å². The standard InChI is InChI=1S/C22H22BrN3OS/c23-17-9-11-18(12-10-17)24-19(27)15-28-21-20(16-7-3-1-4-8-16)25-22(26-21)13-5-2-6-14-22/h1,3-4,7-12H,2,5-6,13-15H2,(H,24,27). The first-order valence-electron chi connectivity index (χ1n) is 9.57. The Morgan fingerprint density at radius 1 is 1.00 bits per heavy atom. The second-order valence-electron chi connectivity index (χ2n) is 7.13. The fraction of sp³-hybridized carbons (Fsp3) is 0.318. The molecule has 28 heavy (non-hydrogen) atoms. The summed E-state index contributed by atoms with van der Waals surface area (Å²) >= 11 is 4.89. The maximum Gasteiger partial charge on any atom is 0.234 e. The largest absolute Gasteiger partial charge is 0.325 e. The van der Waals surface area contributed by atoms with E-state index in [1.165, 1.54) is 18.2 Å². The van der Waals surface area contributed by atoms with Crippen LogP contribution in [0.4, 0.5) is 5.69 Å². The first-order valence-corrected chi connectivity index (χ1v) is 11.4. The number of thioether (sulfide) groups is 1. The summed E-state index contributed by atoms with van der Waals surface area (Å²) in [7, 11) is 0. The molecule has 1 aliphatic heterocycles. The molecule has 4 rings (SSSR count). The minimum atomic E-state index is -0.312. The molecule has 144 valence electrons. The van der Waals surface area contributed by atoms with Gasteiger partial charge in [0.25, 0.3) is 0 Å². The highest BCUT2D eigenvalue weighted by Crippen LogP contribution is 2.38. The van der Waals surface area contributed by atoms with Gasteiger partial charge in [-0.05, 0) is 49.9 Å². The smallest absolute Gasteiger partial charge is 0.234 e. The molecule has 0 atom stereocenters. The van der Waals surface area contributed by atoms with Crippen molar-refractivity contribution in [3.63, 3.8) is 0 Å². The summed E-state index contributed by atoms with van der Waals surface area (Å²) in [6.07, 6.45) is 5.58. The number of rotatable bonds is 4. The normalized spacial score (nSPS) is 17.9. The molecule has 1 N–H and O–H groups in total. The van der Waals surface area contributed by atoms with E-state index in [1.54, 1.807) is 0 Å². The molecule has 2 aromatic carbocycles. The monoisotopic (exact) mass is 455 g/mol. The van der Waals surface area contributed by atoms with Crippen LogP contribution in [-0.2, 0) is 4.79 Å². The predicted octanol–water partition coefficient (Wildman–Crippen LogP) is 5.68. The van der Waals surface area contributed by atoms with E-state index in [0.29, 0.717) is 5.75 Å². The number of amides is 1. The number of benzene rings is 2. The summed E-state index contributed by atoms with van der Waals surface area (Å²) in [6, 6.07) is 17.8. The molecule has 1 fully saturated rings. The predicted molar refractivity (Wildman–Crippen MR) is 121 cm³/mol. The summed E-state index contributed by atoms with van der Waals surface area (Å²) in [6.45, 7) is 0. The van der Waals surface area contributed by atoms with Gasteiger partial charge >= 0.3 is 0 Å². The number of halogens is 1. The Balaban J connectivity index is 1.48. The van der Waals surface area contributed by atoms with E-state index >= 15 is 0 Å². The Labute approximate surface area is 178 Å². The first kappa shape index (κ1) is 19.4. The quantitative estimate of drug-likeness (QED) is 0.644. The molecule has 1 heterocycles. The molecule has 1 spiro atoms. The van der Waals surface area contributed by atoms with Crippen LogP contribution < -0.4 is 5.32 Å². The zero-order valence-electron chi connectivity index (χ0n) is 15.5. The third-order valence-electron chi connectivity index (χ3n) is 5.00. The van der Waals surface area contributed by atoms with Crippen molar-refractivity contribution in [1.29, 1.82) is 0 Å². The average molecular weight is 456 g/mol. The lowest BCUT2D eigenvalue weighted by Crippen LogP contribution is -2.25. The average Bonchev–Trinajstić information content (AvgIpc) is 3.07. The Morgan fingerprint density at radius 2 is 1.71 bits per heavy atom. The van der Waals surface area contributed by atoms with Gasteiger partial charge < -0.3 is 5.32 Å². The number of aliphatic imine (C=N–C) groups is 2. The fourth-order valence-corrected chi connectivity index (χ4v) is 4.75. The van der Waals surface area contributed by atoms with Crippen molar-refractivity contribution in [2.24, 2.45) is 9.98 Å². The highest BCUT2D eigenvalue weighted by Gasteiger charge is 2.37. The van der Waals surface area contributed by atoms with Crippen LogP contribution in [0.5, 0.6) is 0 Å². The fourth-order valence-electron chi connectivity index (χ4n) is 3.61. The molecule has 0 radical (unpaired) electrons. The van der Waals surface area contributed by atoms with E-state index in [9.17, 15) is 4.79 Å². The minimum absolute atomic E-state index is 0.0352. The molecule has 1 saturated carbocycles. The molecule has 1 amide bonds. The number of hydrogen-bond acceptors (Lipinski definition) is 4.